The molecule has 0 aliphatic heterocycles. The van der Waals surface area contributed by atoms with Crippen LogP contribution >= 0.6 is 34.8 Å². The third kappa shape index (κ3) is 5.57. The number of rotatable bonds is 6. The van der Waals surface area contributed by atoms with E-state index in [4.69, 9.17) is 34.8 Å². The molecule has 0 aliphatic rings. The second-order valence-electron chi connectivity index (χ2n) is 5.62. The first-order valence-electron chi connectivity index (χ1n) is 7.54. The van der Waals surface area contributed by atoms with Crippen molar-refractivity contribution in [3.05, 3.63) is 75.8 Å². The first-order chi connectivity index (χ1) is 12.2. The lowest BCUT2D eigenvalue weighted by Gasteiger charge is -2.33. The average Bonchev–Trinajstić information content (AvgIpc) is 2.59. The molecule has 0 spiro atoms. The molecule has 1 atom stereocenters. The van der Waals surface area contributed by atoms with Crippen molar-refractivity contribution in [1.29, 1.82) is 0 Å². The van der Waals surface area contributed by atoms with Crippen LogP contribution in [0.15, 0.2) is 54.6 Å². The van der Waals surface area contributed by atoms with Gasteiger partial charge in [-0.05, 0) is 24.7 Å². The van der Waals surface area contributed by atoms with E-state index in [1.54, 1.807) is 11.9 Å². The van der Waals surface area contributed by atoms with E-state index in [0.29, 0.717) is 6.54 Å². The van der Waals surface area contributed by atoms with E-state index >= 15 is 0 Å². The van der Waals surface area contributed by atoms with Crippen LogP contribution in [-0.2, 0) is 6.54 Å². The molecule has 0 unspecified atom stereocenters. The van der Waals surface area contributed by atoms with Crippen molar-refractivity contribution in [2.24, 2.45) is 0 Å². The summed E-state index contributed by atoms with van der Waals surface area (Å²) in [5.74, 6) is -0.504. The lowest BCUT2D eigenvalue weighted by atomic mass is 10.2. The Morgan fingerprint density at radius 2 is 1.73 bits per heavy atom. The lowest BCUT2D eigenvalue weighted by molar-refractivity contribution is -0.384. The Kier molecular flexibility index (Phi) is 6.83. The maximum Gasteiger partial charge on any atom is 0.269 e. The van der Waals surface area contributed by atoms with Gasteiger partial charge in [-0.3, -0.25) is 19.8 Å². The Labute approximate surface area is 165 Å². The summed E-state index contributed by atoms with van der Waals surface area (Å²) >= 11 is 18.1. The SMILES string of the molecule is CN(Cc1ccccc1)[C@@H](NC(=O)c1ccc([N+](=O)[O-])cc1)C(Cl)(Cl)Cl. The normalized spacial score (nSPS) is 12.7. The fourth-order valence-electron chi connectivity index (χ4n) is 2.35. The van der Waals surface area contributed by atoms with Gasteiger partial charge in [-0.2, -0.15) is 0 Å². The van der Waals surface area contributed by atoms with E-state index in [2.05, 4.69) is 5.32 Å². The number of benzene rings is 2. The molecular formula is C17H16Cl3N3O3. The minimum absolute atomic E-state index is 0.110. The summed E-state index contributed by atoms with van der Waals surface area (Å²) in [6.07, 6.45) is -0.907. The first kappa shape index (κ1) is 20.5. The van der Waals surface area contributed by atoms with E-state index in [-0.39, 0.29) is 11.3 Å². The quantitative estimate of drug-likeness (QED) is 0.332. The van der Waals surface area contributed by atoms with Crippen molar-refractivity contribution in [3.8, 4) is 0 Å². The number of nitro groups is 1. The molecule has 1 amide bonds. The van der Waals surface area contributed by atoms with E-state index in [9.17, 15) is 14.9 Å². The van der Waals surface area contributed by atoms with Gasteiger partial charge < -0.3 is 5.32 Å². The molecular weight excluding hydrogens is 401 g/mol. The van der Waals surface area contributed by atoms with Crippen molar-refractivity contribution in [2.75, 3.05) is 7.05 Å². The number of non-ortho nitro benzene ring substituents is 1. The van der Waals surface area contributed by atoms with Gasteiger partial charge in [-0.15, -0.1) is 0 Å². The van der Waals surface area contributed by atoms with Crippen LogP contribution in [0.2, 0.25) is 0 Å². The standard InChI is InChI=1S/C17H16Cl3N3O3/c1-22(11-12-5-3-2-4-6-12)16(17(18,19)20)21-15(24)13-7-9-14(10-8-13)23(25)26/h2-10,16H,11H2,1H3,(H,21,24)/t16-/m1/s1. The molecule has 0 aliphatic carbocycles. The molecule has 2 rings (SSSR count). The zero-order valence-corrected chi connectivity index (χ0v) is 16.0. The van der Waals surface area contributed by atoms with Gasteiger partial charge in [-0.25, -0.2) is 0 Å². The van der Waals surface area contributed by atoms with E-state index in [0.717, 1.165) is 5.56 Å². The molecule has 0 aromatic heterocycles. The van der Waals surface area contributed by atoms with Crippen molar-refractivity contribution in [1.82, 2.24) is 10.2 Å². The number of nitro benzene ring substituents is 1. The zero-order chi connectivity index (χ0) is 19.3. The number of halogens is 3. The van der Waals surface area contributed by atoms with Gasteiger partial charge in [0.1, 0.15) is 6.17 Å². The molecule has 0 heterocycles. The van der Waals surface area contributed by atoms with E-state index in [1.807, 2.05) is 30.3 Å². The molecule has 0 fully saturated rings. The fraction of sp³-hybridized carbons (Fsp3) is 0.235. The van der Waals surface area contributed by atoms with Crippen molar-refractivity contribution in [2.45, 2.75) is 16.5 Å². The molecule has 9 heteroatoms. The largest absolute Gasteiger partial charge is 0.332 e. The number of alkyl halides is 3. The van der Waals surface area contributed by atoms with Crippen LogP contribution in [0.25, 0.3) is 0 Å². The number of carbonyl (C=O) groups excluding carboxylic acids is 1. The van der Waals surface area contributed by atoms with Gasteiger partial charge in [0, 0.05) is 24.2 Å². The van der Waals surface area contributed by atoms with Crippen LogP contribution in [-0.4, -0.2) is 32.7 Å². The molecule has 0 saturated heterocycles. The minimum Gasteiger partial charge on any atom is -0.332 e. The van der Waals surface area contributed by atoms with Gasteiger partial charge in [0.15, 0.2) is 0 Å². The number of amides is 1. The number of hydrogen-bond acceptors (Lipinski definition) is 4. The van der Waals surface area contributed by atoms with Gasteiger partial charge in [-0.1, -0.05) is 65.1 Å². The Morgan fingerprint density at radius 1 is 1.15 bits per heavy atom. The lowest BCUT2D eigenvalue weighted by Crippen LogP contribution is -2.53. The Bertz CT molecular complexity index is 764. The fourth-order valence-corrected chi connectivity index (χ4v) is 3.01. The Hall–Kier alpha value is -1.86. The smallest absolute Gasteiger partial charge is 0.269 e. The molecule has 1 N–H and O–H groups in total. The summed E-state index contributed by atoms with van der Waals surface area (Å²) in [6.45, 7) is 0.444. The van der Waals surface area contributed by atoms with Gasteiger partial charge in [0.25, 0.3) is 11.6 Å². The summed E-state index contributed by atoms with van der Waals surface area (Å²) in [4.78, 5) is 24.3. The van der Waals surface area contributed by atoms with Crippen LogP contribution in [0.1, 0.15) is 15.9 Å². The van der Waals surface area contributed by atoms with Crippen LogP contribution < -0.4 is 5.32 Å². The molecule has 0 saturated carbocycles. The molecule has 6 nitrogen and oxygen atoms in total. The Morgan fingerprint density at radius 3 is 2.23 bits per heavy atom. The second kappa shape index (κ2) is 8.68. The summed E-state index contributed by atoms with van der Waals surface area (Å²) in [7, 11) is 1.72. The highest BCUT2D eigenvalue weighted by atomic mass is 35.6. The number of hydrogen-bond donors (Lipinski definition) is 1. The molecule has 138 valence electrons. The molecule has 2 aromatic carbocycles. The highest BCUT2D eigenvalue weighted by Crippen LogP contribution is 2.32. The van der Waals surface area contributed by atoms with Crippen LogP contribution in [0.5, 0.6) is 0 Å². The van der Waals surface area contributed by atoms with Gasteiger partial charge in [0.05, 0.1) is 4.92 Å². The highest BCUT2D eigenvalue weighted by Gasteiger charge is 2.37. The maximum atomic E-state index is 12.5. The number of nitrogens with zero attached hydrogens (tertiary/aromatic N) is 2. The van der Waals surface area contributed by atoms with E-state index < -0.39 is 20.8 Å². The summed E-state index contributed by atoms with van der Waals surface area (Å²) in [6, 6.07) is 14.7. The molecule has 0 bridgehead atoms. The van der Waals surface area contributed by atoms with E-state index in [1.165, 1.54) is 24.3 Å². The Balaban J connectivity index is 2.14. The first-order valence-corrected chi connectivity index (χ1v) is 8.68. The van der Waals surface area contributed by atoms with Gasteiger partial charge >= 0.3 is 0 Å². The summed E-state index contributed by atoms with van der Waals surface area (Å²) in [5.41, 5.74) is 1.10. The third-order valence-electron chi connectivity index (χ3n) is 3.63. The predicted octanol–water partition coefficient (Wildman–Crippen LogP) is 4.15. The topological polar surface area (TPSA) is 75.5 Å². The van der Waals surface area contributed by atoms with Crippen LogP contribution in [0.4, 0.5) is 5.69 Å². The molecule has 0 radical (unpaired) electrons. The molecule has 2 aromatic rings. The minimum atomic E-state index is -1.78. The second-order valence-corrected chi connectivity index (χ2v) is 7.99. The van der Waals surface area contributed by atoms with Crippen LogP contribution in [0, 0.1) is 10.1 Å². The van der Waals surface area contributed by atoms with Gasteiger partial charge in [0.2, 0.25) is 3.79 Å². The summed E-state index contributed by atoms with van der Waals surface area (Å²) in [5, 5.41) is 13.4. The number of carbonyl (C=O) groups is 1. The molecule has 26 heavy (non-hydrogen) atoms. The maximum absolute atomic E-state index is 12.5. The zero-order valence-electron chi connectivity index (χ0n) is 13.7. The van der Waals surface area contributed by atoms with Crippen LogP contribution in [0.3, 0.4) is 0 Å². The van der Waals surface area contributed by atoms with Crippen molar-refractivity contribution < 1.29 is 9.72 Å². The van der Waals surface area contributed by atoms with Crippen molar-refractivity contribution >= 4 is 46.4 Å². The average molecular weight is 417 g/mol. The third-order valence-corrected chi connectivity index (χ3v) is 4.25. The highest BCUT2D eigenvalue weighted by molar-refractivity contribution is 6.68. The number of nitrogens with one attached hydrogen (secondary N) is 1. The monoisotopic (exact) mass is 415 g/mol. The van der Waals surface area contributed by atoms with Crippen molar-refractivity contribution in [3.63, 3.8) is 0 Å². The predicted molar refractivity (Wildman–Crippen MR) is 103 cm³/mol. The summed E-state index contributed by atoms with van der Waals surface area (Å²) < 4.78 is -1.78.